The SMILES string of the molecule is CN1CC(c2ccc(CN=C=O)cc2Br)C1. The number of likely N-dealkylation sites (N-methyl/N-ethyl adjacent to an activating group) is 1. The molecule has 1 aliphatic heterocycles. The first-order chi connectivity index (χ1) is 7.70. The van der Waals surface area contributed by atoms with E-state index in [1.807, 2.05) is 12.1 Å². The van der Waals surface area contributed by atoms with Gasteiger partial charge in [0.05, 0.1) is 6.54 Å². The third kappa shape index (κ3) is 2.40. The Balaban J connectivity index is 2.13. The molecule has 0 amide bonds. The van der Waals surface area contributed by atoms with Gasteiger partial charge in [0.15, 0.2) is 0 Å². The van der Waals surface area contributed by atoms with Gasteiger partial charge < -0.3 is 4.90 Å². The molecule has 0 N–H and O–H groups in total. The zero-order chi connectivity index (χ0) is 11.5. The number of isocyanates is 1. The standard InChI is InChI=1S/C12H13BrN2O/c1-15-6-10(7-15)11-3-2-9(4-12(11)13)5-14-8-16/h2-4,10H,5-7H2,1H3. The summed E-state index contributed by atoms with van der Waals surface area (Å²) in [5.74, 6) is 0.628. The van der Waals surface area contributed by atoms with Crippen molar-refractivity contribution in [2.24, 2.45) is 4.99 Å². The summed E-state index contributed by atoms with van der Waals surface area (Å²) < 4.78 is 1.11. The molecule has 0 atom stereocenters. The lowest BCUT2D eigenvalue weighted by molar-refractivity contribution is 0.189. The van der Waals surface area contributed by atoms with Crippen LogP contribution in [0.2, 0.25) is 0 Å². The second-order valence-corrected chi connectivity index (χ2v) is 5.04. The first-order valence-electron chi connectivity index (χ1n) is 5.21. The van der Waals surface area contributed by atoms with Crippen molar-refractivity contribution in [3.8, 4) is 0 Å². The Morgan fingerprint density at radius 1 is 1.56 bits per heavy atom. The zero-order valence-corrected chi connectivity index (χ0v) is 10.7. The van der Waals surface area contributed by atoms with Gasteiger partial charge in [-0.25, -0.2) is 9.79 Å². The van der Waals surface area contributed by atoms with Gasteiger partial charge in [-0.3, -0.25) is 0 Å². The van der Waals surface area contributed by atoms with Crippen LogP contribution in [0.25, 0.3) is 0 Å². The summed E-state index contributed by atoms with van der Waals surface area (Å²) in [4.78, 5) is 15.9. The van der Waals surface area contributed by atoms with Crippen LogP contribution in [0.4, 0.5) is 0 Å². The van der Waals surface area contributed by atoms with Crippen LogP contribution < -0.4 is 0 Å². The van der Waals surface area contributed by atoms with Crippen LogP contribution in [0.3, 0.4) is 0 Å². The highest BCUT2D eigenvalue weighted by Gasteiger charge is 2.26. The number of aliphatic imine (C=N–C) groups is 1. The van der Waals surface area contributed by atoms with Gasteiger partial charge >= 0.3 is 0 Å². The summed E-state index contributed by atoms with van der Waals surface area (Å²) in [5, 5.41) is 0. The molecular weight excluding hydrogens is 268 g/mol. The van der Waals surface area contributed by atoms with Crippen LogP contribution in [0, 0.1) is 0 Å². The Morgan fingerprint density at radius 3 is 2.88 bits per heavy atom. The van der Waals surface area contributed by atoms with Crippen molar-refractivity contribution in [3.63, 3.8) is 0 Å². The zero-order valence-electron chi connectivity index (χ0n) is 9.11. The molecule has 4 heteroatoms. The van der Waals surface area contributed by atoms with E-state index in [1.165, 1.54) is 5.56 Å². The summed E-state index contributed by atoms with van der Waals surface area (Å²) in [7, 11) is 2.12. The molecule has 0 bridgehead atoms. The Labute approximate surface area is 103 Å². The van der Waals surface area contributed by atoms with E-state index in [-0.39, 0.29) is 0 Å². The molecule has 84 valence electrons. The second kappa shape index (κ2) is 4.91. The molecule has 0 radical (unpaired) electrons. The Hall–Kier alpha value is -0.960. The van der Waals surface area contributed by atoms with Crippen molar-refractivity contribution >= 4 is 22.0 Å². The molecule has 0 unspecified atom stereocenters. The van der Waals surface area contributed by atoms with E-state index >= 15 is 0 Å². The van der Waals surface area contributed by atoms with Crippen LogP contribution in [0.1, 0.15) is 17.0 Å². The molecule has 0 aliphatic carbocycles. The maximum atomic E-state index is 10.0. The van der Waals surface area contributed by atoms with Gasteiger partial charge in [-0.15, -0.1) is 0 Å². The third-order valence-electron chi connectivity index (χ3n) is 2.89. The normalized spacial score (nSPS) is 16.6. The van der Waals surface area contributed by atoms with Crippen molar-refractivity contribution < 1.29 is 4.79 Å². The molecule has 0 saturated carbocycles. The topological polar surface area (TPSA) is 32.7 Å². The van der Waals surface area contributed by atoms with E-state index in [1.54, 1.807) is 6.08 Å². The predicted octanol–water partition coefficient (Wildman–Crippen LogP) is 2.31. The fraction of sp³-hybridized carbons (Fsp3) is 0.417. The maximum absolute atomic E-state index is 10.0. The summed E-state index contributed by atoms with van der Waals surface area (Å²) >= 11 is 3.58. The largest absolute Gasteiger partial charge is 0.305 e. The predicted molar refractivity (Wildman–Crippen MR) is 66.2 cm³/mol. The fourth-order valence-corrected chi connectivity index (χ4v) is 2.77. The number of likely N-dealkylation sites (tertiary alicyclic amines) is 1. The van der Waals surface area contributed by atoms with E-state index in [0.717, 1.165) is 23.1 Å². The number of hydrogen-bond acceptors (Lipinski definition) is 3. The molecule has 3 nitrogen and oxygen atoms in total. The summed E-state index contributed by atoms with van der Waals surface area (Å²) in [6.07, 6.45) is 1.55. The quantitative estimate of drug-likeness (QED) is 0.629. The Bertz CT molecular complexity index is 435. The maximum Gasteiger partial charge on any atom is 0.235 e. The molecule has 0 aromatic heterocycles. The number of carbonyl (C=O) groups excluding carboxylic acids is 1. The van der Waals surface area contributed by atoms with E-state index in [9.17, 15) is 4.79 Å². The molecule has 2 rings (SSSR count). The van der Waals surface area contributed by atoms with Crippen molar-refractivity contribution in [1.82, 2.24) is 4.90 Å². The highest BCUT2D eigenvalue weighted by molar-refractivity contribution is 9.10. The van der Waals surface area contributed by atoms with Gasteiger partial charge in [-0.2, -0.15) is 0 Å². The van der Waals surface area contributed by atoms with Gasteiger partial charge in [-0.1, -0.05) is 28.1 Å². The number of nitrogens with zero attached hydrogens (tertiary/aromatic N) is 2. The lowest BCUT2D eigenvalue weighted by Crippen LogP contribution is -2.41. The molecule has 16 heavy (non-hydrogen) atoms. The lowest BCUT2D eigenvalue weighted by atomic mass is 9.91. The molecule has 1 aliphatic rings. The average Bonchev–Trinajstić information content (AvgIpc) is 2.23. The van der Waals surface area contributed by atoms with E-state index in [4.69, 9.17) is 0 Å². The minimum Gasteiger partial charge on any atom is -0.305 e. The Morgan fingerprint density at radius 2 is 2.31 bits per heavy atom. The molecule has 1 saturated heterocycles. The lowest BCUT2D eigenvalue weighted by Gasteiger charge is -2.37. The van der Waals surface area contributed by atoms with E-state index < -0.39 is 0 Å². The van der Waals surface area contributed by atoms with Gasteiger partial charge in [0.25, 0.3) is 0 Å². The van der Waals surface area contributed by atoms with Crippen molar-refractivity contribution in [1.29, 1.82) is 0 Å². The molecule has 1 aromatic rings. The molecule has 1 aromatic carbocycles. The third-order valence-corrected chi connectivity index (χ3v) is 3.58. The minimum atomic E-state index is 0.410. The number of hydrogen-bond donors (Lipinski definition) is 0. The molecule has 0 spiro atoms. The summed E-state index contributed by atoms with van der Waals surface area (Å²) in [6, 6.07) is 6.19. The fourth-order valence-electron chi connectivity index (χ4n) is 2.02. The average molecular weight is 281 g/mol. The second-order valence-electron chi connectivity index (χ2n) is 4.18. The Kier molecular flexibility index (Phi) is 3.54. The first-order valence-corrected chi connectivity index (χ1v) is 6.00. The first kappa shape index (κ1) is 11.5. The van der Waals surface area contributed by atoms with Crippen molar-refractivity contribution in [2.75, 3.05) is 20.1 Å². The smallest absolute Gasteiger partial charge is 0.235 e. The van der Waals surface area contributed by atoms with Crippen molar-refractivity contribution in [3.05, 3.63) is 33.8 Å². The number of rotatable bonds is 3. The molecule has 1 heterocycles. The van der Waals surface area contributed by atoms with Crippen LogP contribution in [-0.4, -0.2) is 31.1 Å². The van der Waals surface area contributed by atoms with Gasteiger partial charge in [-0.05, 0) is 24.2 Å². The van der Waals surface area contributed by atoms with Crippen LogP contribution in [0.15, 0.2) is 27.7 Å². The molecular formula is C12H13BrN2O. The summed E-state index contributed by atoms with van der Waals surface area (Å²) in [6.45, 7) is 2.64. The molecule has 1 fully saturated rings. The van der Waals surface area contributed by atoms with Crippen LogP contribution >= 0.6 is 15.9 Å². The number of benzene rings is 1. The van der Waals surface area contributed by atoms with E-state index in [2.05, 4.69) is 38.9 Å². The summed E-state index contributed by atoms with van der Waals surface area (Å²) in [5.41, 5.74) is 2.38. The highest BCUT2D eigenvalue weighted by Crippen LogP contribution is 2.31. The number of halogens is 1. The van der Waals surface area contributed by atoms with Gasteiger partial charge in [0.1, 0.15) is 0 Å². The monoisotopic (exact) mass is 280 g/mol. The van der Waals surface area contributed by atoms with Crippen molar-refractivity contribution in [2.45, 2.75) is 12.5 Å². The van der Waals surface area contributed by atoms with Gasteiger partial charge in [0, 0.05) is 23.5 Å². The minimum absolute atomic E-state index is 0.410. The van der Waals surface area contributed by atoms with Crippen LogP contribution in [0.5, 0.6) is 0 Å². The van der Waals surface area contributed by atoms with E-state index in [0.29, 0.717) is 12.5 Å². The highest BCUT2D eigenvalue weighted by atomic mass is 79.9. The van der Waals surface area contributed by atoms with Crippen LogP contribution in [-0.2, 0) is 11.3 Å². The van der Waals surface area contributed by atoms with Gasteiger partial charge in [0.2, 0.25) is 6.08 Å².